The molecule has 7 nitrogen and oxygen atoms in total. The van der Waals surface area contributed by atoms with E-state index in [4.69, 9.17) is 11.6 Å². The number of halogens is 1. The smallest absolute Gasteiger partial charge is 0.243 e. The van der Waals surface area contributed by atoms with Crippen molar-refractivity contribution in [3.63, 3.8) is 0 Å². The molecule has 0 radical (unpaired) electrons. The predicted octanol–water partition coefficient (Wildman–Crippen LogP) is 5.67. The van der Waals surface area contributed by atoms with E-state index in [0.29, 0.717) is 17.1 Å². The summed E-state index contributed by atoms with van der Waals surface area (Å²) < 4.78 is 26.7. The zero-order valence-electron chi connectivity index (χ0n) is 24.4. The number of rotatable bonds is 13. The highest BCUT2D eigenvalue weighted by Crippen LogP contribution is 2.23. The van der Waals surface area contributed by atoms with Crippen LogP contribution in [0.15, 0.2) is 72.8 Å². The lowest BCUT2D eigenvalue weighted by atomic mass is 10.0. The number of aryl methyl sites for hydroxylation is 2. The molecule has 0 aliphatic carbocycles. The standard InChI is InChI=1S/C32H40ClN3O4S/c1-23(2)34-32(38)30(21-26-11-7-6-8-12-26)35(22-27-13-9-14-28(33)20-27)31(37)15-10-18-36(41(5,39)40)29-17-16-24(3)25(4)19-29/h6-9,11-14,16-17,19-20,23,30H,10,15,18,21-22H2,1-5H3,(H,34,38)/t30-/m1/s1. The summed E-state index contributed by atoms with van der Waals surface area (Å²) in [7, 11) is -3.57. The fourth-order valence-corrected chi connectivity index (χ4v) is 5.82. The van der Waals surface area contributed by atoms with Crippen LogP contribution in [0.1, 0.15) is 48.9 Å². The normalized spacial score (nSPS) is 12.2. The topological polar surface area (TPSA) is 86.8 Å². The molecule has 41 heavy (non-hydrogen) atoms. The Balaban J connectivity index is 1.89. The van der Waals surface area contributed by atoms with Crippen molar-refractivity contribution in [2.24, 2.45) is 0 Å². The number of carbonyl (C=O) groups is 2. The van der Waals surface area contributed by atoms with E-state index >= 15 is 0 Å². The van der Waals surface area contributed by atoms with Gasteiger partial charge >= 0.3 is 0 Å². The molecule has 0 saturated carbocycles. The van der Waals surface area contributed by atoms with Crippen LogP contribution in [-0.2, 0) is 32.6 Å². The summed E-state index contributed by atoms with van der Waals surface area (Å²) in [4.78, 5) is 29.0. The number of carbonyl (C=O) groups excluding carboxylic acids is 2. The van der Waals surface area contributed by atoms with Gasteiger partial charge in [-0.15, -0.1) is 0 Å². The molecule has 3 aromatic rings. The summed E-state index contributed by atoms with van der Waals surface area (Å²) in [6.45, 7) is 8.00. The molecule has 3 rings (SSSR count). The van der Waals surface area contributed by atoms with Crippen LogP contribution in [0.2, 0.25) is 5.02 Å². The minimum atomic E-state index is -3.57. The van der Waals surface area contributed by atoms with Crippen molar-refractivity contribution in [3.8, 4) is 0 Å². The third kappa shape index (κ3) is 9.61. The maximum atomic E-state index is 13.9. The number of hydrogen-bond acceptors (Lipinski definition) is 4. The summed E-state index contributed by atoms with van der Waals surface area (Å²) in [5, 5.41) is 3.51. The number of sulfonamides is 1. The van der Waals surface area contributed by atoms with Crippen LogP contribution < -0.4 is 9.62 Å². The lowest BCUT2D eigenvalue weighted by molar-refractivity contribution is -0.141. The molecule has 0 fully saturated rings. The Hall–Kier alpha value is -3.36. The second-order valence-corrected chi connectivity index (χ2v) is 13.1. The third-order valence-corrected chi connectivity index (χ3v) is 8.30. The average molecular weight is 598 g/mol. The molecule has 1 atom stereocenters. The molecule has 0 aliphatic rings. The molecule has 1 N–H and O–H groups in total. The summed E-state index contributed by atoms with van der Waals surface area (Å²) in [6.07, 6.45) is 1.86. The molecule has 9 heteroatoms. The maximum absolute atomic E-state index is 13.9. The van der Waals surface area contributed by atoms with E-state index in [1.165, 1.54) is 10.6 Å². The monoisotopic (exact) mass is 597 g/mol. The van der Waals surface area contributed by atoms with Crippen molar-refractivity contribution in [1.82, 2.24) is 10.2 Å². The first-order valence-corrected chi connectivity index (χ1v) is 16.0. The molecule has 220 valence electrons. The molecule has 0 aliphatic heterocycles. The molecular weight excluding hydrogens is 558 g/mol. The Bertz CT molecular complexity index is 1440. The van der Waals surface area contributed by atoms with Gasteiger partial charge in [-0.05, 0) is 80.6 Å². The Labute approximate surface area is 249 Å². The summed E-state index contributed by atoms with van der Waals surface area (Å²) >= 11 is 6.24. The number of nitrogens with one attached hydrogen (secondary N) is 1. The highest BCUT2D eigenvalue weighted by Gasteiger charge is 2.31. The van der Waals surface area contributed by atoms with E-state index in [2.05, 4.69) is 5.32 Å². The van der Waals surface area contributed by atoms with E-state index < -0.39 is 16.1 Å². The molecule has 2 amide bonds. The lowest BCUT2D eigenvalue weighted by Crippen LogP contribution is -2.51. The van der Waals surface area contributed by atoms with Crippen LogP contribution in [0.3, 0.4) is 0 Å². The van der Waals surface area contributed by atoms with E-state index in [-0.39, 0.29) is 43.8 Å². The summed E-state index contributed by atoms with van der Waals surface area (Å²) in [5.41, 5.74) is 4.35. The summed E-state index contributed by atoms with van der Waals surface area (Å²) in [5.74, 6) is -0.481. The zero-order valence-corrected chi connectivity index (χ0v) is 26.0. The van der Waals surface area contributed by atoms with Gasteiger partial charge < -0.3 is 10.2 Å². The molecule has 0 aromatic heterocycles. The van der Waals surface area contributed by atoms with Gasteiger partial charge in [-0.1, -0.05) is 60.1 Å². The van der Waals surface area contributed by atoms with Crippen LogP contribution in [0.25, 0.3) is 0 Å². The van der Waals surface area contributed by atoms with Crippen molar-refractivity contribution >= 4 is 39.1 Å². The zero-order chi connectivity index (χ0) is 30.2. The highest BCUT2D eigenvalue weighted by molar-refractivity contribution is 7.92. The highest BCUT2D eigenvalue weighted by atomic mass is 35.5. The Morgan fingerprint density at radius 2 is 1.59 bits per heavy atom. The Kier molecular flexibility index (Phi) is 11.4. The number of benzene rings is 3. The van der Waals surface area contributed by atoms with E-state index in [1.54, 1.807) is 23.1 Å². The van der Waals surface area contributed by atoms with Gasteiger partial charge in [0.25, 0.3) is 0 Å². The minimum Gasteiger partial charge on any atom is -0.352 e. The fraction of sp³-hybridized carbons (Fsp3) is 0.375. The Morgan fingerprint density at radius 1 is 0.902 bits per heavy atom. The Morgan fingerprint density at radius 3 is 2.20 bits per heavy atom. The number of amides is 2. The molecule has 0 heterocycles. The molecule has 0 spiro atoms. The first kappa shape index (κ1) is 32.2. The average Bonchev–Trinajstić information content (AvgIpc) is 2.89. The van der Waals surface area contributed by atoms with Crippen molar-refractivity contribution in [1.29, 1.82) is 0 Å². The van der Waals surface area contributed by atoms with Crippen LogP contribution in [0.4, 0.5) is 5.69 Å². The third-order valence-electron chi connectivity index (χ3n) is 6.87. The van der Waals surface area contributed by atoms with Gasteiger partial charge in [0.2, 0.25) is 21.8 Å². The summed E-state index contributed by atoms with van der Waals surface area (Å²) in [6, 6.07) is 21.5. The van der Waals surface area contributed by atoms with Crippen molar-refractivity contribution < 1.29 is 18.0 Å². The number of hydrogen-bond donors (Lipinski definition) is 1. The fourth-order valence-electron chi connectivity index (χ4n) is 4.65. The SMILES string of the molecule is Cc1ccc(N(CCCC(=O)N(Cc2cccc(Cl)c2)[C@H](Cc2ccccc2)C(=O)NC(C)C)S(C)(=O)=O)cc1C. The number of anilines is 1. The van der Waals surface area contributed by atoms with Gasteiger partial charge in [0.05, 0.1) is 11.9 Å². The number of nitrogens with zero attached hydrogens (tertiary/aromatic N) is 2. The molecule has 0 saturated heterocycles. The van der Waals surface area contributed by atoms with Crippen molar-refractivity contribution in [2.75, 3.05) is 17.1 Å². The van der Waals surface area contributed by atoms with Crippen LogP contribution in [0, 0.1) is 13.8 Å². The predicted molar refractivity (Wildman–Crippen MR) is 167 cm³/mol. The van der Waals surface area contributed by atoms with E-state index in [0.717, 1.165) is 22.3 Å². The lowest BCUT2D eigenvalue weighted by Gasteiger charge is -2.32. The van der Waals surface area contributed by atoms with Crippen molar-refractivity contribution in [2.45, 2.75) is 65.6 Å². The van der Waals surface area contributed by atoms with E-state index in [9.17, 15) is 18.0 Å². The maximum Gasteiger partial charge on any atom is 0.243 e. The molecular formula is C32H40ClN3O4S. The van der Waals surface area contributed by atoms with Gasteiger partial charge in [0, 0.05) is 37.0 Å². The van der Waals surface area contributed by atoms with Gasteiger partial charge in [-0.25, -0.2) is 8.42 Å². The van der Waals surface area contributed by atoms with E-state index in [1.807, 2.05) is 82.3 Å². The van der Waals surface area contributed by atoms with Crippen molar-refractivity contribution in [3.05, 3.63) is 100 Å². The van der Waals surface area contributed by atoms with Gasteiger partial charge in [-0.2, -0.15) is 0 Å². The first-order valence-electron chi connectivity index (χ1n) is 13.8. The van der Waals surface area contributed by atoms with Gasteiger partial charge in [-0.3, -0.25) is 13.9 Å². The largest absolute Gasteiger partial charge is 0.352 e. The van der Waals surface area contributed by atoms with Crippen LogP contribution in [-0.4, -0.2) is 50.0 Å². The van der Waals surface area contributed by atoms with Gasteiger partial charge in [0.1, 0.15) is 6.04 Å². The second kappa shape index (κ2) is 14.5. The molecule has 0 bridgehead atoms. The molecule has 0 unspecified atom stereocenters. The van der Waals surface area contributed by atoms with Crippen LogP contribution >= 0.6 is 11.6 Å². The minimum absolute atomic E-state index is 0.0671. The quantitative estimate of drug-likeness (QED) is 0.275. The van der Waals surface area contributed by atoms with Crippen LogP contribution in [0.5, 0.6) is 0 Å². The first-order chi connectivity index (χ1) is 19.3. The van der Waals surface area contributed by atoms with Gasteiger partial charge in [0.15, 0.2) is 0 Å². The second-order valence-electron chi connectivity index (χ2n) is 10.7. The molecule has 3 aromatic carbocycles.